The summed E-state index contributed by atoms with van der Waals surface area (Å²) < 4.78 is 4.89. The fourth-order valence-corrected chi connectivity index (χ4v) is 3.01. The number of nitriles is 1. The van der Waals surface area contributed by atoms with Gasteiger partial charge in [-0.05, 0) is 24.3 Å². The summed E-state index contributed by atoms with van der Waals surface area (Å²) in [6, 6.07) is 9.34. The molecule has 3 rings (SSSR count). The number of rotatable bonds is 3. The van der Waals surface area contributed by atoms with Crippen LogP contribution in [0.2, 0.25) is 5.02 Å². The number of fused-ring (bicyclic) bond motifs is 1. The monoisotopic (exact) mass is 344 g/mol. The van der Waals surface area contributed by atoms with Gasteiger partial charge in [-0.1, -0.05) is 11.6 Å². The maximum Gasteiger partial charge on any atom is 0.248 e. The maximum atomic E-state index is 11.9. The number of piperazine rings is 1. The van der Waals surface area contributed by atoms with E-state index in [1.807, 2.05) is 6.07 Å². The number of nitrogens with zero attached hydrogens (tertiary/aromatic N) is 4. The molecule has 124 valence electrons. The maximum absolute atomic E-state index is 11.9. The van der Waals surface area contributed by atoms with E-state index in [-0.39, 0.29) is 12.5 Å². The van der Waals surface area contributed by atoms with Crippen molar-refractivity contribution in [2.24, 2.45) is 0 Å². The Morgan fingerprint density at radius 3 is 2.75 bits per heavy atom. The van der Waals surface area contributed by atoms with Gasteiger partial charge in [-0.15, -0.1) is 0 Å². The first-order valence-corrected chi connectivity index (χ1v) is 8.02. The van der Waals surface area contributed by atoms with Crippen molar-refractivity contribution in [3.8, 4) is 6.07 Å². The quantitative estimate of drug-likeness (QED) is 0.852. The summed E-state index contributed by atoms with van der Waals surface area (Å²) in [7, 11) is 1.52. The lowest BCUT2D eigenvalue weighted by Crippen LogP contribution is -2.50. The Bertz CT molecular complexity index is 810. The van der Waals surface area contributed by atoms with Crippen molar-refractivity contribution in [3.05, 3.63) is 34.9 Å². The highest BCUT2D eigenvalue weighted by atomic mass is 35.5. The summed E-state index contributed by atoms with van der Waals surface area (Å²) in [5, 5.41) is 10.8. The van der Waals surface area contributed by atoms with E-state index >= 15 is 0 Å². The van der Waals surface area contributed by atoms with Gasteiger partial charge in [-0.25, -0.2) is 4.98 Å². The molecule has 0 aliphatic carbocycles. The Morgan fingerprint density at radius 2 is 2.08 bits per heavy atom. The van der Waals surface area contributed by atoms with Crippen molar-refractivity contribution in [1.82, 2.24) is 9.88 Å². The molecule has 1 fully saturated rings. The van der Waals surface area contributed by atoms with E-state index in [1.54, 1.807) is 23.1 Å². The number of amides is 1. The zero-order chi connectivity index (χ0) is 17.1. The number of anilines is 1. The van der Waals surface area contributed by atoms with Crippen LogP contribution in [0.1, 0.15) is 5.56 Å². The van der Waals surface area contributed by atoms with Crippen LogP contribution < -0.4 is 4.90 Å². The number of aromatic nitrogens is 1. The Morgan fingerprint density at radius 1 is 1.33 bits per heavy atom. The van der Waals surface area contributed by atoms with Crippen LogP contribution >= 0.6 is 11.6 Å². The molecule has 0 saturated carbocycles. The molecule has 0 atom stereocenters. The van der Waals surface area contributed by atoms with E-state index < -0.39 is 0 Å². The third kappa shape index (κ3) is 3.28. The lowest BCUT2D eigenvalue weighted by Gasteiger charge is -2.35. The standard InChI is InChI=1S/C17H17ClN4O2/c1-24-11-17(23)22-6-4-21(5-7-22)16-8-12(10-19)14-9-13(18)2-3-15(14)20-16/h2-3,8-9H,4-7,11H2,1H3. The van der Waals surface area contributed by atoms with Crippen molar-refractivity contribution in [2.45, 2.75) is 0 Å². The van der Waals surface area contributed by atoms with Crippen molar-refractivity contribution in [2.75, 3.05) is 44.8 Å². The lowest BCUT2D eigenvalue weighted by molar-refractivity contribution is -0.135. The number of halogens is 1. The minimum atomic E-state index is -0.00373. The summed E-state index contributed by atoms with van der Waals surface area (Å²) in [4.78, 5) is 20.4. The molecule has 1 saturated heterocycles. The average Bonchev–Trinajstić information content (AvgIpc) is 2.61. The first kappa shape index (κ1) is 16.5. The zero-order valence-corrected chi connectivity index (χ0v) is 14.1. The second-order valence-electron chi connectivity index (χ2n) is 5.60. The van der Waals surface area contributed by atoms with Crippen LogP contribution in [0.3, 0.4) is 0 Å². The molecular formula is C17H17ClN4O2. The van der Waals surface area contributed by atoms with Gasteiger partial charge in [-0.3, -0.25) is 4.79 Å². The van der Waals surface area contributed by atoms with Gasteiger partial charge in [0.25, 0.3) is 0 Å². The molecule has 0 N–H and O–H groups in total. The van der Waals surface area contributed by atoms with Crippen molar-refractivity contribution < 1.29 is 9.53 Å². The van der Waals surface area contributed by atoms with Gasteiger partial charge in [0.2, 0.25) is 5.91 Å². The number of methoxy groups -OCH3 is 1. The molecule has 1 aliphatic heterocycles. The van der Waals surface area contributed by atoms with Crippen LogP contribution in [0, 0.1) is 11.3 Å². The first-order valence-electron chi connectivity index (χ1n) is 7.64. The number of ether oxygens (including phenoxy) is 1. The largest absolute Gasteiger partial charge is 0.375 e. The first-order chi connectivity index (χ1) is 11.6. The molecule has 1 amide bonds. The minimum Gasteiger partial charge on any atom is -0.375 e. The Hall–Kier alpha value is -2.36. The van der Waals surface area contributed by atoms with E-state index in [9.17, 15) is 10.1 Å². The molecule has 0 bridgehead atoms. The highest BCUT2D eigenvalue weighted by Crippen LogP contribution is 2.26. The Balaban J connectivity index is 1.82. The lowest BCUT2D eigenvalue weighted by atomic mass is 10.1. The van der Waals surface area contributed by atoms with Crippen molar-refractivity contribution in [3.63, 3.8) is 0 Å². The smallest absolute Gasteiger partial charge is 0.248 e. The summed E-state index contributed by atoms with van der Waals surface area (Å²) in [6.45, 7) is 2.68. The summed E-state index contributed by atoms with van der Waals surface area (Å²) in [6.07, 6.45) is 0. The number of hydrogen-bond acceptors (Lipinski definition) is 5. The number of carbonyl (C=O) groups is 1. The van der Waals surface area contributed by atoms with E-state index in [0.717, 1.165) is 16.7 Å². The Kier molecular flexibility index (Phi) is 4.84. The minimum absolute atomic E-state index is 0.00373. The van der Waals surface area contributed by atoms with Gasteiger partial charge in [-0.2, -0.15) is 5.26 Å². The van der Waals surface area contributed by atoms with Crippen molar-refractivity contribution >= 4 is 34.2 Å². The SMILES string of the molecule is COCC(=O)N1CCN(c2cc(C#N)c3cc(Cl)ccc3n2)CC1. The van der Waals surface area contributed by atoms with Gasteiger partial charge in [0.1, 0.15) is 12.4 Å². The second-order valence-corrected chi connectivity index (χ2v) is 6.04. The molecule has 6 nitrogen and oxygen atoms in total. The number of benzene rings is 1. The number of carbonyl (C=O) groups excluding carboxylic acids is 1. The van der Waals surface area contributed by atoms with Crippen molar-refractivity contribution in [1.29, 1.82) is 5.26 Å². The molecular weight excluding hydrogens is 328 g/mol. The van der Waals surface area contributed by atoms with Gasteiger partial charge < -0.3 is 14.5 Å². The highest BCUT2D eigenvalue weighted by Gasteiger charge is 2.22. The van der Waals surface area contributed by atoms with Crippen LogP contribution in [0.5, 0.6) is 0 Å². The van der Waals surface area contributed by atoms with E-state index in [2.05, 4.69) is 16.0 Å². The van der Waals surface area contributed by atoms with Crippen LogP contribution in [0.25, 0.3) is 10.9 Å². The highest BCUT2D eigenvalue weighted by molar-refractivity contribution is 6.31. The third-order valence-electron chi connectivity index (χ3n) is 4.10. The van der Waals surface area contributed by atoms with Gasteiger partial charge in [0, 0.05) is 43.7 Å². The topological polar surface area (TPSA) is 69.5 Å². The third-order valence-corrected chi connectivity index (χ3v) is 4.34. The van der Waals surface area contributed by atoms with E-state index in [4.69, 9.17) is 16.3 Å². The molecule has 1 aromatic heterocycles. The molecule has 24 heavy (non-hydrogen) atoms. The molecule has 0 unspecified atom stereocenters. The van der Waals surface area contributed by atoms with Gasteiger partial charge in [0.15, 0.2) is 0 Å². The summed E-state index contributed by atoms with van der Waals surface area (Å²) >= 11 is 6.01. The summed E-state index contributed by atoms with van der Waals surface area (Å²) in [5.74, 6) is 0.746. The average molecular weight is 345 g/mol. The fraction of sp³-hybridized carbons (Fsp3) is 0.353. The molecule has 0 spiro atoms. The Labute approximate surface area is 145 Å². The fourth-order valence-electron chi connectivity index (χ4n) is 2.84. The molecule has 0 radical (unpaired) electrons. The molecule has 1 aromatic carbocycles. The molecule has 1 aliphatic rings. The summed E-state index contributed by atoms with van der Waals surface area (Å²) in [5.41, 5.74) is 1.29. The number of pyridine rings is 1. The second kappa shape index (κ2) is 7.04. The van der Waals surface area contributed by atoms with Crippen LogP contribution in [-0.4, -0.2) is 55.7 Å². The number of hydrogen-bond donors (Lipinski definition) is 0. The van der Waals surface area contributed by atoms with Crippen LogP contribution in [0.4, 0.5) is 5.82 Å². The van der Waals surface area contributed by atoms with Gasteiger partial charge >= 0.3 is 0 Å². The van der Waals surface area contributed by atoms with Crippen LogP contribution in [0.15, 0.2) is 24.3 Å². The van der Waals surface area contributed by atoms with Gasteiger partial charge in [0.05, 0.1) is 17.1 Å². The molecule has 2 aromatic rings. The molecule has 7 heteroatoms. The van der Waals surface area contributed by atoms with Crippen LogP contribution in [-0.2, 0) is 9.53 Å². The normalized spacial score (nSPS) is 14.7. The van der Waals surface area contributed by atoms with E-state index in [0.29, 0.717) is 36.8 Å². The predicted octanol–water partition coefficient (Wildman–Crippen LogP) is 2.05. The predicted molar refractivity (Wildman–Crippen MR) is 92.1 cm³/mol. The molecule has 2 heterocycles. The zero-order valence-electron chi connectivity index (χ0n) is 13.3. The van der Waals surface area contributed by atoms with E-state index in [1.165, 1.54) is 7.11 Å².